The first-order valence-corrected chi connectivity index (χ1v) is 6.74. The summed E-state index contributed by atoms with van der Waals surface area (Å²) in [6.07, 6.45) is 1.95. The minimum absolute atomic E-state index is 0.667. The first-order chi connectivity index (χ1) is 9.28. The summed E-state index contributed by atoms with van der Waals surface area (Å²) in [6, 6.07) is 14.9. The van der Waals surface area contributed by atoms with Gasteiger partial charge in [-0.1, -0.05) is 37.3 Å². The van der Waals surface area contributed by atoms with Crippen molar-refractivity contribution in [3.63, 3.8) is 0 Å². The molecule has 2 aromatic rings. The maximum Gasteiger partial charge on any atom is 0.126 e. The second-order valence-electron chi connectivity index (χ2n) is 4.62. The highest BCUT2D eigenvalue weighted by molar-refractivity contribution is 5.71. The van der Waals surface area contributed by atoms with E-state index < -0.39 is 0 Å². The number of methoxy groups -OCH3 is 1. The van der Waals surface area contributed by atoms with Crippen LogP contribution < -0.4 is 10.5 Å². The lowest BCUT2D eigenvalue weighted by Crippen LogP contribution is -2.03. The van der Waals surface area contributed by atoms with Crippen LogP contribution in [-0.4, -0.2) is 13.7 Å². The predicted octanol–water partition coefficient (Wildman–Crippen LogP) is 3.43. The molecular formula is C17H21NO. The lowest BCUT2D eigenvalue weighted by molar-refractivity contribution is 0.416. The summed E-state index contributed by atoms with van der Waals surface area (Å²) in [7, 11) is 1.71. The summed E-state index contributed by atoms with van der Waals surface area (Å²) in [5, 5.41) is 0. The van der Waals surface area contributed by atoms with Crippen LogP contribution in [0.3, 0.4) is 0 Å². The molecule has 0 aliphatic heterocycles. The third kappa shape index (κ3) is 3.15. The molecule has 0 atom stereocenters. The van der Waals surface area contributed by atoms with Crippen LogP contribution >= 0.6 is 0 Å². The van der Waals surface area contributed by atoms with Crippen molar-refractivity contribution < 1.29 is 4.74 Å². The second kappa shape index (κ2) is 6.39. The Morgan fingerprint density at radius 3 is 2.26 bits per heavy atom. The molecule has 2 rings (SSSR count). The number of hydrogen-bond donors (Lipinski definition) is 1. The smallest absolute Gasteiger partial charge is 0.126 e. The van der Waals surface area contributed by atoms with Gasteiger partial charge in [-0.3, -0.25) is 0 Å². The maximum absolute atomic E-state index is 5.63. The van der Waals surface area contributed by atoms with Crippen molar-refractivity contribution in [1.29, 1.82) is 0 Å². The lowest BCUT2D eigenvalue weighted by atomic mass is 9.99. The van der Waals surface area contributed by atoms with E-state index in [4.69, 9.17) is 10.5 Å². The third-order valence-electron chi connectivity index (χ3n) is 3.37. The number of nitrogens with two attached hydrogens (primary N) is 1. The van der Waals surface area contributed by atoms with Crippen LogP contribution in [-0.2, 0) is 12.8 Å². The minimum atomic E-state index is 0.667. The van der Waals surface area contributed by atoms with Gasteiger partial charge >= 0.3 is 0 Å². The molecule has 19 heavy (non-hydrogen) atoms. The fourth-order valence-corrected chi connectivity index (χ4v) is 2.22. The molecule has 0 heterocycles. The predicted molar refractivity (Wildman–Crippen MR) is 80.6 cm³/mol. The lowest BCUT2D eigenvalue weighted by Gasteiger charge is -2.11. The molecule has 100 valence electrons. The zero-order valence-electron chi connectivity index (χ0n) is 11.6. The van der Waals surface area contributed by atoms with Crippen molar-refractivity contribution in [1.82, 2.24) is 0 Å². The van der Waals surface area contributed by atoms with Gasteiger partial charge in [-0.2, -0.15) is 0 Å². The number of aryl methyl sites for hydroxylation is 1. The highest BCUT2D eigenvalue weighted by Crippen LogP contribution is 2.31. The standard InChI is InChI=1S/C17H21NO/c1-3-13-4-7-15(8-5-13)16-12-14(10-11-18)6-9-17(16)19-2/h4-9,12H,3,10-11,18H2,1-2H3. The fourth-order valence-electron chi connectivity index (χ4n) is 2.22. The zero-order valence-corrected chi connectivity index (χ0v) is 11.6. The molecule has 2 aromatic carbocycles. The van der Waals surface area contributed by atoms with Gasteiger partial charge in [0.1, 0.15) is 5.75 Å². The van der Waals surface area contributed by atoms with Gasteiger partial charge in [-0.25, -0.2) is 0 Å². The molecule has 0 bridgehead atoms. The number of rotatable bonds is 5. The topological polar surface area (TPSA) is 35.2 Å². The summed E-state index contributed by atoms with van der Waals surface area (Å²) in [5.41, 5.74) is 10.5. The second-order valence-corrected chi connectivity index (χ2v) is 4.62. The molecule has 0 aromatic heterocycles. The molecule has 0 fully saturated rings. The number of ether oxygens (including phenoxy) is 1. The zero-order chi connectivity index (χ0) is 13.7. The largest absolute Gasteiger partial charge is 0.496 e. The average molecular weight is 255 g/mol. The summed E-state index contributed by atoms with van der Waals surface area (Å²) >= 11 is 0. The van der Waals surface area contributed by atoms with E-state index in [0.717, 1.165) is 24.2 Å². The Bertz CT molecular complexity index is 531. The van der Waals surface area contributed by atoms with Gasteiger partial charge in [0.25, 0.3) is 0 Å². The van der Waals surface area contributed by atoms with Crippen molar-refractivity contribution in [3.05, 3.63) is 53.6 Å². The van der Waals surface area contributed by atoms with Crippen molar-refractivity contribution in [2.45, 2.75) is 19.8 Å². The number of hydrogen-bond acceptors (Lipinski definition) is 2. The van der Waals surface area contributed by atoms with Crippen molar-refractivity contribution in [2.75, 3.05) is 13.7 Å². The summed E-state index contributed by atoms with van der Waals surface area (Å²) < 4.78 is 5.46. The van der Waals surface area contributed by atoms with Gasteiger partial charge in [0.2, 0.25) is 0 Å². The molecule has 2 nitrogen and oxygen atoms in total. The van der Waals surface area contributed by atoms with Crippen molar-refractivity contribution >= 4 is 0 Å². The molecule has 0 amide bonds. The Kier molecular flexibility index (Phi) is 4.58. The molecule has 0 saturated carbocycles. The summed E-state index contributed by atoms with van der Waals surface area (Å²) in [6.45, 7) is 2.83. The summed E-state index contributed by atoms with van der Waals surface area (Å²) in [4.78, 5) is 0. The first-order valence-electron chi connectivity index (χ1n) is 6.74. The Balaban J connectivity index is 2.42. The van der Waals surface area contributed by atoms with E-state index in [1.165, 1.54) is 16.7 Å². The van der Waals surface area contributed by atoms with Gasteiger partial charge in [-0.05, 0) is 48.2 Å². The van der Waals surface area contributed by atoms with Crippen LogP contribution in [0.5, 0.6) is 5.75 Å². The van der Waals surface area contributed by atoms with E-state index in [9.17, 15) is 0 Å². The number of benzene rings is 2. The third-order valence-corrected chi connectivity index (χ3v) is 3.37. The van der Waals surface area contributed by atoms with Gasteiger partial charge in [0.05, 0.1) is 7.11 Å². The Labute approximate surface area is 115 Å². The van der Waals surface area contributed by atoms with Crippen LogP contribution in [0.1, 0.15) is 18.1 Å². The quantitative estimate of drug-likeness (QED) is 0.888. The van der Waals surface area contributed by atoms with E-state index in [1.807, 2.05) is 6.07 Å². The fraction of sp³-hybridized carbons (Fsp3) is 0.294. The van der Waals surface area contributed by atoms with E-state index >= 15 is 0 Å². The molecule has 0 aliphatic rings. The Morgan fingerprint density at radius 2 is 1.68 bits per heavy atom. The SMILES string of the molecule is CCc1ccc(-c2cc(CCN)ccc2OC)cc1. The monoisotopic (exact) mass is 255 g/mol. The van der Waals surface area contributed by atoms with Crippen LogP contribution in [0.4, 0.5) is 0 Å². The average Bonchev–Trinajstić information content (AvgIpc) is 2.47. The highest BCUT2D eigenvalue weighted by Gasteiger charge is 2.07. The maximum atomic E-state index is 5.63. The van der Waals surface area contributed by atoms with E-state index in [-0.39, 0.29) is 0 Å². The Hall–Kier alpha value is -1.80. The molecule has 0 aliphatic carbocycles. The van der Waals surface area contributed by atoms with Crippen molar-refractivity contribution in [2.24, 2.45) is 5.73 Å². The van der Waals surface area contributed by atoms with Gasteiger partial charge in [0, 0.05) is 5.56 Å². The molecule has 0 spiro atoms. The van der Waals surface area contributed by atoms with Crippen molar-refractivity contribution in [3.8, 4) is 16.9 Å². The van der Waals surface area contributed by atoms with Crippen LogP contribution in [0.2, 0.25) is 0 Å². The molecule has 2 heteroatoms. The first kappa shape index (κ1) is 13.6. The van der Waals surface area contributed by atoms with Gasteiger partial charge in [-0.15, -0.1) is 0 Å². The van der Waals surface area contributed by atoms with E-state index in [1.54, 1.807) is 7.11 Å². The van der Waals surface area contributed by atoms with Crippen LogP contribution in [0.25, 0.3) is 11.1 Å². The minimum Gasteiger partial charge on any atom is -0.496 e. The molecule has 2 N–H and O–H groups in total. The van der Waals surface area contributed by atoms with Crippen LogP contribution in [0.15, 0.2) is 42.5 Å². The van der Waals surface area contributed by atoms with Gasteiger partial charge < -0.3 is 10.5 Å². The van der Waals surface area contributed by atoms with Gasteiger partial charge in [0.15, 0.2) is 0 Å². The van der Waals surface area contributed by atoms with Crippen LogP contribution in [0, 0.1) is 0 Å². The molecule has 0 unspecified atom stereocenters. The molecular weight excluding hydrogens is 234 g/mol. The summed E-state index contributed by atoms with van der Waals surface area (Å²) in [5.74, 6) is 0.907. The molecule has 0 radical (unpaired) electrons. The van der Waals surface area contributed by atoms with E-state index in [0.29, 0.717) is 6.54 Å². The van der Waals surface area contributed by atoms with E-state index in [2.05, 4.69) is 43.3 Å². The highest BCUT2D eigenvalue weighted by atomic mass is 16.5. The normalized spacial score (nSPS) is 10.5. The Morgan fingerprint density at radius 1 is 1.00 bits per heavy atom. The molecule has 0 saturated heterocycles.